The number of amides is 2. The van der Waals surface area contributed by atoms with Gasteiger partial charge in [0.1, 0.15) is 0 Å². The third-order valence-corrected chi connectivity index (χ3v) is 3.39. The molecule has 102 valence electrons. The molecule has 1 saturated heterocycles. The highest BCUT2D eigenvalue weighted by Gasteiger charge is 2.31. The predicted octanol–water partition coefficient (Wildman–Crippen LogP) is 2.83. The van der Waals surface area contributed by atoms with Crippen molar-refractivity contribution >= 4 is 29.6 Å². The van der Waals surface area contributed by atoms with E-state index in [1.165, 1.54) is 12.1 Å². The van der Waals surface area contributed by atoms with Gasteiger partial charge in [-0.3, -0.25) is 9.59 Å². The normalized spacial score (nSPS) is 16.1. The minimum absolute atomic E-state index is 0.167. The van der Waals surface area contributed by atoms with Crippen molar-refractivity contribution in [2.45, 2.75) is 19.0 Å². The number of hydrogen-bond acceptors (Lipinski definition) is 4. The average molecular weight is 290 g/mol. The molecular formula is C11H9F3N2O2S. The highest BCUT2D eigenvalue weighted by molar-refractivity contribution is 7.99. The molecule has 1 aromatic rings. The number of anilines is 1. The molecule has 1 N–H and O–H groups in total. The summed E-state index contributed by atoms with van der Waals surface area (Å²) in [6, 6.07) is 4.33. The fourth-order valence-electron chi connectivity index (χ4n) is 1.48. The van der Waals surface area contributed by atoms with Gasteiger partial charge in [0, 0.05) is 18.5 Å². The Morgan fingerprint density at radius 2 is 1.58 bits per heavy atom. The molecule has 0 spiro atoms. The van der Waals surface area contributed by atoms with E-state index in [1.54, 1.807) is 0 Å². The summed E-state index contributed by atoms with van der Waals surface area (Å²) in [7, 11) is 0. The summed E-state index contributed by atoms with van der Waals surface area (Å²) in [6.45, 7) is 0. The lowest BCUT2D eigenvalue weighted by Gasteiger charge is -2.13. The zero-order chi connectivity index (χ0) is 14.0. The van der Waals surface area contributed by atoms with E-state index >= 15 is 0 Å². The van der Waals surface area contributed by atoms with Crippen LogP contribution in [0.2, 0.25) is 0 Å². The van der Waals surface area contributed by atoms with E-state index in [9.17, 15) is 22.8 Å². The van der Waals surface area contributed by atoms with Gasteiger partial charge in [-0.1, -0.05) is 0 Å². The van der Waals surface area contributed by atoms with Crippen molar-refractivity contribution in [2.75, 3.05) is 4.72 Å². The monoisotopic (exact) mass is 290 g/mol. The predicted molar refractivity (Wildman–Crippen MR) is 63.7 cm³/mol. The Hall–Kier alpha value is -1.70. The number of benzene rings is 1. The van der Waals surface area contributed by atoms with Crippen molar-refractivity contribution < 1.29 is 22.8 Å². The number of hydrogen-bond donors (Lipinski definition) is 1. The molecule has 0 aliphatic carbocycles. The number of nitrogens with one attached hydrogen (secondary N) is 1. The molecule has 0 radical (unpaired) electrons. The number of alkyl halides is 3. The van der Waals surface area contributed by atoms with Crippen LogP contribution >= 0.6 is 12.1 Å². The summed E-state index contributed by atoms with van der Waals surface area (Å²) in [5, 5.41) is 0. The van der Waals surface area contributed by atoms with Gasteiger partial charge in [-0.15, -0.1) is 0 Å². The Labute approximate surface area is 111 Å². The Morgan fingerprint density at radius 1 is 1.05 bits per heavy atom. The largest absolute Gasteiger partial charge is 0.416 e. The molecule has 1 aliphatic heterocycles. The molecule has 4 nitrogen and oxygen atoms in total. The number of carbonyl (C=O) groups excluding carboxylic acids is 2. The standard InChI is InChI=1S/C11H9F3N2O2S/c12-11(13,14)7-1-3-8(4-2-7)15-19-16-9(17)5-6-10(16)18/h1-4,15H,5-6H2. The molecule has 1 aliphatic rings. The molecule has 1 heterocycles. The summed E-state index contributed by atoms with van der Waals surface area (Å²) < 4.78 is 40.6. The Bertz CT molecular complexity index is 486. The smallest absolute Gasteiger partial charge is 0.312 e. The third kappa shape index (κ3) is 3.19. The van der Waals surface area contributed by atoms with E-state index in [2.05, 4.69) is 4.72 Å². The van der Waals surface area contributed by atoms with Crippen LogP contribution in [0, 0.1) is 0 Å². The van der Waals surface area contributed by atoms with Crippen LogP contribution < -0.4 is 4.72 Å². The number of carbonyl (C=O) groups is 2. The first-order valence-corrected chi connectivity index (χ1v) is 6.11. The number of imide groups is 1. The highest BCUT2D eigenvalue weighted by atomic mass is 32.2. The van der Waals surface area contributed by atoms with Gasteiger partial charge in [0.15, 0.2) is 0 Å². The van der Waals surface area contributed by atoms with E-state index < -0.39 is 11.7 Å². The van der Waals surface area contributed by atoms with Crippen molar-refractivity contribution in [3.05, 3.63) is 29.8 Å². The second kappa shape index (κ2) is 5.12. The van der Waals surface area contributed by atoms with E-state index in [0.29, 0.717) is 5.69 Å². The van der Waals surface area contributed by atoms with Crippen molar-refractivity contribution in [1.82, 2.24) is 4.31 Å². The maximum atomic E-state index is 12.3. The molecule has 1 fully saturated rings. The van der Waals surface area contributed by atoms with Crippen LogP contribution in [0.4, 0.5) is 18.9 Å². The van der Waals surface area contributed by atoms with Crippen LogP contribution in [0.15, 0.2) is 24.3 Å². The minimum atomic E-state index is -4.38. The average Bonchev–Trinajstić information content (AvgIpc) is 2.66. The minimum Gasteiger partial charge on any atom is -0.312 e. The lowest BCUT2D eigenvalue weighted by molar-refractivity contribution is -0.137. The fraction of sp³-hybridized carbons (Fsp3) is 0.273. The third-order valence-electron chi connectivity index (χ3n) is 2.47. The first-order chi connectivity index (χ1) is 8.88. The van der Waals surface area contributed by atoms with Crippen molar-refractivity contribution in [2.24, 2.45) is 0 Å². The van der Waals surface area contributed by atoms with Gasteiger partial charge in [0.25, 0.3) is 0 Å². The van der Waals surface area contributed by atoms with E-state index in [-0.39, 0.29) is 24.7 Å². The van der Waals surface area contributed by atoms with Crippen LogP contribution in [0.5, 0.6) is 0 Å². The SMILES string of the molecule is O=C1CCC(=O)N1SNc1ccc(C(F)(F)F)cc1. The van der Waals surface area contributed by atoms with Gasteiger partial charge >= 0.3 is 6.18 Å². The van der Waals surface area contributed by atoms with Crippen molar-refractivity contribution in [3.8, 4) is 0 Å². The fourth-order valence-corrected chi connectivity index (χ4v) is 2.20. The van der Waals surface area contributed by atoms with Crippen LogP contribution in [0.1, 0.15) is 18.4 Å². The zero-order valence-electron chi connectivity index (χ0n) is 9.53. The molecule has 2 rings (SSSR count). The molecule has 2 amide bonds. The van der Waals surface area contributed by atoms with Gasteiger partial charge in [-0.2, -0.15) is 13.2 Å². The first kappa shape index (κ1) is 13.7. The molecular weight excluding hydrogens is 281 g/mol. The summed E-state index contributed by atoms with van der Waals surface area (Å²) in [6.07, 6.45) is -4.05. The molecule has 0 saturated carbocycles. The zero-order valence-corrected chi connectivity index (χ0v) is 10.3. The van der Waals surface area contributed by atoms with Gasteiger partial charge < -0.3 is 4.72 Å². The van der Waals surface area contributed by atoms with Crippen LogP contribution in [0.25, 0.3) is 0 Å². The van der Waals surface area contributed by atoms with Gasteiger partial charge in [0.2, 0.25) is 11.8 Å². The topological polar surface area (TPSA) is 49.4 Å². The molecule has 0 aromatic heterocycles. The Kier molecular flexibility index (Phi) is 3.70. The second-order valence-electron chi connectivity index (χ2n) is 3.85. The second-order valence-corrected chi connectivity index (χ2v) is 4.60. The Morgan fingerprint density at radius 3 is 2.05 bits per heavy atom. The highest BCUT2D eigenvalue weighted by Crippen LogP contribution is 2.30. The first-order valence-electron chi connectivity index (χ1n) is 5.34. The Balaban J connectivity index is 1.97. The summed E-state index contributed by atoms with van der Waals surface area (Å²) in [5.41, 5.74) is -0.373. The van der Waals surface area contributed by atoms with Gasteiger partial charge in [-0.05, 0) is 24.3 Å². The molecule has 8 heteroatoms. The van der Waals surface area contributed by atoms with Gasteiger partial charge in [-0.25, -0.2) is 4.31 Å². The maximum Gasteiger partial charge on any atom is 0.416 e. The van der Waals surface area contributed by atoms with Crippen molar-refractivity contribution in [1.29, 1.82) is 0 Å². The quantitative estimate of drug-likeness (QED) is 0.687. The molecule has 0 bridgehead atoms. The van der Waals surface area contributed by atoms with Crippen LogP contribution in [-0.4, -0.2) is 16.1 Å². The number of rotatable bonds is 3. The lowest BCUT2D eigenvalue weighted by atomic mass is 10.2. The van der Waals surface area contributed by atoms with E-state index in [0.717, 1.165) is 28.6 Å². The van der Waals surface area contributed by atoms with Crippen LogP contribution in [0.3, 0.4) is 0 Å². The molecule has 0 unspecified atom stereocenters. The van der Waals surface area contributed by atoms with E-state index in [1.807, 2.05) is 0 Å². The van der Waals surface area contributed by atoms with Gasteiger partial charge in [0.05, 0.1) is 17.7 Å². The molecule has 1 aromatic carbocycles. The van der Waals surface area contributed by atoms with Crippen molar-refractivity contribution in [3.63, 3.8) is 0 Å². The summed E-state index contributed by atoms with van der Waals surface area (Å²) >= 11 is 0.770. The number of halogens is 3. The van der Waals surface area contributed by atoms with Crippen LogP contribution in [-0.2, 0) is 15.8 Å². The summed E-state index contributed by atoms with van der Waals surface area (Å²) in [4.78, 5) is 22.6. The lowest BCUT2D eigenvalue weighted by Crippen LogP contribution is -2.23. The van der Waals surface area contributed by atoms with E-state index in [4.69, 9.17) is 0 Å². The number of nitrogens with zero attached hydrogens (tertiary/aromatic N) is 1. The molecule has 0 atom stereocenters. The maximum absolute atomic E-state index is 12.3. The molecule has 19 heavy (non-hydrogen) atoms. The summed E-state index contributed by atoms with van der Waals surface area (Å²) in [5.74, 6) is -0.621.